The summed E-state index contributed by atoms with van der Waals surface area (Å²) in [6, 6.07) is -0.609. The largest absolute Gasteiger partial charge is 0.443 e. The normalized spacial score (nSPS) is 11.1. The number of amides is 3. The summed E-state index contributed by atoms with van der Waals surface area (Å²) in [4.78, 5) is 24.6. The lowest BCUT2D eigenvalue weighted by molar-refractivity contribution is 0.0298. The molecule has 0 atom stereocenters. The first-order chi connectivity index (χ1) is 9.31. The van der Waals surface area contributed by atoms with Gasteiger partial charge < -0.3 is 25.3 Å². The van der Waals surface area contributed by atoms with E-state index in [4.69, 9.17) is 19.9 Å². The van der Waals surface area contributed by atoms with Gasteiger partial charge in [-0.25, -0.2) is 14.5 Å². The van der Waals surface area contributed by atoms with E-state index in [2.05, 4.69) is 5.32 Å². The minimum Gasteiger partial charge on any atom is -0.443 e. The summed E-state index contributed by atoms with van der Waals surface area (Å²) in [5, 5.41) is 2.45. The van der Waals surface area contributed by atoms with E-state index in [1.54, 1.807) is 27.9 Å². The molecule has 0 bridgehead atoms. The molecule has 0 rings (SSSR count). The van der Waals surface area contributed by atoms with Gasteiger partial charge in [-0.3, -0.25) is 0 Å². The molecule has 8 heteroatoms. The molecule has 0 aromatic rings. The molecule has 0 radical (unpaired) electrons. The number of hydrogen-bond acceptors (Lipinski definition) is 6. The Labute approximate surface area is 119 Å². The molecule has 0 aromatic heterocycles. The number of urea groups is 1. The maximum atomic E-state index is 11.9. The van der Waals surface area contributed by atoms with Crippen LogP contribution in [0, 0.1) is 0 Å². The van der Waals surface area contributed by atoms with Gasteiger partial charge >= 0.3 is 12.1 Å². The second-order valence-electron chi connectivity index (χ2n) is 4.95. The van der Waals surface area contributed by atoms with Crippen molar-refractivity contribution in [3.8, 4) is 0 Å². The quantitative estimate of drug-likeness (QED) is 0.523. The Balaban J connectivity index is 4.28. The van der Waals surface area contributed by atoms with Gasteiger partial charge in [0.2, 0.25) is 0 Å². The molecule has 0 saturated heterocycles. The van der Waals surface area contributed by atoms with E-state index in [1.807, 2.05) is 0 Å². The highest BCUT2D eigenvalue weighted by Gasteiger charge is 2.26. The number of carbonyl (C=O) groups is 2. The summed E-state index contributed by atoms with van der Waals surface area (Å²) >= 11 is 0. The minimum absolute atomic E-state index is 0.0218. The van der Waals surface area contributed by atoms with E-state index >= 15 is 0 Å². The van der Waals surface area contributed by atoms with E-state index in [9.17, 15) is 9.59 Å². The van der Waals surface area contributed by atoms with Gasteiger partial charge in [-0.1, -0.05) is 0 Å². The summed E-state index contributed by atoms with van der Waals surface area (Å²) in [5.74, 6) is 0. The van der Waals surface area contributed by atoms with Gasteiger partial charge in [0.25, 0.3) is 0 Å². The molecule has 0 heterocycles. The molecule has 118 valence electrons. The summed E-state index contributed by atoms with van der Waals surface area (Å²) in [6.45, 7) is 6.13. The number of ether oxygens (including phenoxy) is 3. The van der Waals surface area contributed by atoms with Crippen molar-refractivity contribution in [3.05, 3.63) is 0 Å². The number of nitrogens with one attached hydrogen (secondary N) is 1. The maximum Gasteiger partial charge on any atom is 0.418 e. The number of nitrogens with two attached hydrogens (primary N) is 1. The molecule has 0 aromatic carbocycles. The maximum absolute atomic E-state index is 11.9. The van der Waals surface area contributed by atoms with E-state index in [1.165, 1.54) is 0 Å². The highest BCUT2D eigenvalue weighted by atomic mass is 16.6. The molecule has 20 heavy (non-hydrogen) atoms. The van der Waals surface area contributed by atoms with E-state index in [-0.39, 0.29) is 19.8 Å². The van der Waals surface area contributed by atoms with Crippen LogP contribution < -0.4 is 11.1 Å². The highest BCUT2D eigenvalue weighted by Crippen LogP contribution is 2.09. The molecule has 0 aliphatic heterocycles. The SMILES string of the molecule is COCCOCNC(=O)N(CCN)C(=O)OC(C)(C)C. The van der Waals surface area contributed by atoms with Crippen LogP contribution in [-0.4, -0.2) is 62.8 Å². The van der Waals surface area contributed by atoms with Crippen LogP contribution in [0.1, 0.15) is 20.8 Å². The Morgan fingerprint density at radius 3 is 2.40 bits per heavy atom. The van der Waals surface area contributed by atoms with Crippen LogP contribution in [0.25, 0.3) is 0 Å². The van der Waals surface area contributed by atoms with Gasteiger partial charge in [-0.2, -0.15) is 0 Å². The Bertz CT molecular complexity index is 304. The average Bonchev–Trinajstić information content (AvgIpc) is 2.33. The monoisotopic (exact) mass is 291 g/mol. The zero-order chi connectivity index (χ0) is 15.6. The molecule has 0 fully saturated rings. The molecule has 0 saturated carbocycles. The van der Waals surface area contributed by atoms with Crippen molar-refractivity contribution in [2.24, 2.45) is 5.73 Å². The summed E-state index contributed by atoms with van der Waals surface area (Å²) in [6.07, 6.45) is -0.739. The zero-order valence-electron chi connectivity index (χ0n) is 12.6. The minimum atomic E-state index is -0.739. The predicted molar refractivity (Wildman–Crippen MR) is 73.2 cm³/mol. The van der Waals surface area contributed by atoms with Crippen LogP contribution >= 0.6 is 0 Å². The molecule has 0 aliphatic carbocycles. The van der Waals surface area contributed by atoms with Crippen LogP contribution in [0.2, 0.25) is 0 Å². The number of hydrogen-bond donors (Lipinski definition) is 2. The molecular formula is C12H25N3O5. The van der Waals surface area contributed by atoms with E-state index in [0.717, 1.165) is 4.90 Å². The molecule has 3 amide bonds. The molecule has 3 N–H and O–H groups in total. The Morgan fingerprint density at radius 1 is 1.25 bits per heavy atom. The van der Waals surface area contributed by atoms with Crippen LogP contribution in [-0.2, 0) is 14.2 Å². The van der Waals surface area contributed by atoms with Gasteiger partial charge in [-0.05, 0) is 20.8 Å². The lowest BCUT2D eigenvalue weighted by Gasteiger charge is -2.25. The topological polar surface area (TPSA) is 103 Å². The van der Waals surface area contributed by atoms with Gasteiger partial charge in [0.1, 0.15) is 12.3 Å². The smallest absolute Gasteiger partial charge is 0.418 e. The number of methoxy groups -OCH3 is 1. The van der Waals surface area contributed by atoms with Crippen LogP contribution in [0.4, 0.5) is 9.59 Å². The van der Waals surface area contributed by atoms with Crippen molar-refractivity contribution < 1.29 is 23.8 Å². The second kappa shape index (κ2) is 9.51. The molecule has 0 aliphatic rings. The number of nitrogens with zero attached hydrogens (tertiary/aromatic N) is 1. The van der Waals surface area contributed by atoms with Gasteiger partial charge in [0, 0.05) is 20.2 Å². The number of rotatable bonds is 7. The van der Waals surface area contributed by atoms with E-state index in [0.29, 0.717) is 13.2 Å². The first-order valence-electron chi connectivity index (χ1n) is 6.37. The average molecular weight is 291 g/mol. The van der Waals surface area contributed by atoms with Crippen molar-refractivity contribution in [1.29, 1.82) is 0 Å². The third-order valence-corrected chi connectivity index (χ3v) is 1.97. The zero-order valence-corrected chi connectivity index (χ0v) is 12.6. The fourth-order valence-corrected chi connectivity index (χ4v) is 1.14. The fraction of sp³-hybridized carbons (Fsp3) is 0.833. The lowest BCUT2D eigenvalue weighted by Crippen LogP contribution is -2.48. The Morgan fingerprint density at radius 2 is 1.90 bits per heavy atom. The third-order valence-electron chi connectivity index (χ3n) is 1.97. The van der Waals surface area contributed by atoms with Crippen LogP contribution in [0.3, 0.4) is 0 Å². The van der Waals surface area contributed by atoms with Gasteiger partial charge in [0.15, 0.2) is 0 Å². The number of carbonyl (C=O) groups excluding carboxylic acids is 2. The lowest BCUT2D eigenvalue weighted by atomic mass is 10.2. The van der Waals surface area contributed by atoms with Gasteiger partial charge in [-0.15, -0.1) is 0 Å². The summed E-state index contributed by atoms with van der Waals surface area (Å²) < 4.78 is 15.0. The van der Waals surface area contributed by atoms with Crippen LogP contribution in [0.15, 0.2) is 0 Å². The van der Waals surface area contributed by atoms with Crippen LogP contribution in [0.5, 0.6) is 0 Å². The van der Waals surface area contributed by atoms with Gasteiger partial charge in [0.05, 0.1) is 13.2 Å². The molecule has 0 unspecified atom stereocenters. The van der Waals surface area contributed by atoms with Crippen molar-refractivity contribution in [3.63, 3.8) is 0 Å². The summed E-state index contributed by atoms with van der Waals surface area (Å²) in [5.41, 5.74) is 4.70. The summed E-state index contributed by atoms with van der Waals surface area (Å²) in [7, 11) is 1.55. The standard InChI is InChI=1S/C12H25N3O5/c1-12(2,3)20-11(17)15(6-5-13)10(16)14-9-19-8-7-18-4/h5-9,13H2,1-4H3,(H,14,16). The van der Waals surface area contributed by atoms with Crippen molar-refractivity contribution in [2.45, 2.75) is 26.4 Å². The predicted octanol–water partition coefficient (Wildman–Crippen LogP) is 0.512. The van der Waals surface area contributed by atoms with Crippen molar-refractivity contribution in [1.82, 2.24) is 10.2 Å². The Kier molecular flexibility index (Phi) is 8.86. The third kappa shape index (κ3) is 8.68. The second-order valence-corrected chi connectivity index (χ2v) is 4.95. The molecule has 8 nitrogen and oxygen atoms in total. The molecular weight excluding hydrogens is 266 g/mol. The first-order valence-corrected chi connectivity index (χ1v) is 6.37. The fourth-order valence-electron chi connectivity index (χ4n) is 1.14. The van der Waals surface area contributed by atoms with Crippen molar-refractivity contribution in [2.75, 3.05) is 40.1 Å². The number of imide groups is 1. The van der Waals surface area contributed by atoms with Crippen molar-refractivity contribution >= 4 is 12.1 Å². The highest BCUT2D eigenvalue weighted by molar-refractivity contribution is 5.90. The van der Waals surface area contributed by atoms with E-state index < -0.39 is 17.7 Å². The molecule has 0 spiro atoms. The Hall–Kier alpha value is -1.38. The first kappa shape index (κ1) is 18.6.